The first-order valence-electron chi connectivity index (χ1n) is 8.94. The summed E-state index contributed by atoms with van der Waals surface area (Å²) in [5.74, 6) is 0.320. The van der Waals surface area contributed by atoms with Gasteiger partial charge in [0.25, 0.3) is 0 Å². The summed E-state index contributed by atoms with van der Waals surface area (Å²) in [6.07, 6.45) is 2.17. The number of hydrogen-bond acceptors (Lipinski definition) is 3. The summed E-state index contributed by atoms with van der Waals surface area (Å²) in [4.78, 5) is 29.1. The number of amides is 2. The highest BCUT2D eigenvalue weighted by molar-refractivity contribution is 5.84. The maximum absolute atomic E-state index is 12.8. The normalized spacial score (nSPS) is 20.0. The number of nitrogens with one attached hydrogen (secondary N) is 1. The van der Waals surface area contributed by atoms with E-state index < -0.39 is 0 Å². The number of nitrogens with zero attached hydrogens (tertiary/aromatic N) is 2. The first kappa shape index (κ1) is 17.0. The van der Waals surface area contributed by atoms with E-state index >= 15 is 0 Å². The summed E-state index contributed by atoms with van der Waals surface area (Å²) in [6.45, 7) is 6.72. The maximum atomic E-state index is 12.8. The van der Waals surface area contributed by atoms with Crippen molar-refractivity contribution >= 4 is 11.8 Å². The number of benzene rings is 1. The molecule has 2 fully saturated rings. The Kier molecular flexibility index (Phi) is 5.19. The Balaban J connectivity index is 1.70. The van der Waals surface area contributed by atoms with Crippen LogP contribution in [-0.4, -0.2) is 53.8 Å². The van der Waals surface area contributed by atoms with Crippen molar-refractivity contribution in [3.63, 3.8) is 0 Å². The average Bonchev–Trinajstić information content (AvgIpc) is 3.40. The van der Waals surface area contributed by atoms with Crippen molar-refractivity contribution in [2.75, 3.05) is 26.2 Å². The van der Waals surface area contributed by atoms with Gasteiger partial charge in [0.2, 0.25) is 11.8 Å². The van der Waals surface area contributed by atoms with Crippen molar-refractivity contribution in [3.05, 3.63) is 35.9 Å². The lowest BCUT2D eigenvalue weighted by atomic mass is 10.0. The molecular weight excluding hydrogens is 302 g/mol. The minimum absolute atomic E-state index is 0.0274. The van der Waals surface area contributed by atoms with E-state index in [-0.39, 0.29) is 23.8 Å². The van der Waals surface area contributed by atoms with Crippen LogP contribution in [0.1, 0.15) is 38.3 Å². The first-order chi connectivity index (χ1) is 11.6. The van der Waals surface area contributed by atoms with E-state index in [9.17, 15) is 9.59 Å². The van der Waals surface area contributed by atoms with Gasteiger partial charge in [-0.05, 0) is 18.4 Å². The zero-order chi connectivity index (χ0) is 17.1. The van der Waals surface area contributed by atoms with Gasteiger partial charge in [-0.25, -0.2) is 0 Å². The molecular formula is C19H27N3O2. The highest BCUT2D eigenvalue weighted by Gasteiger charge is 2.34. The van der Waals surface area contributed by atoms with Crippen LogP contribution < -0.4 is 5.32 Å². The molecule has 1 N–H and O–H groups in total. The van der Waals surface area contributed by atoms with Crippen molar-refractivity contribution in [1.29, 1.82) is 0 Å². The van der Waals surface area contributed by atoms with Gasteiger partial charge in [0.1, 0.15) is 6.04 Å². The van der Waals surface area contributed by atoms with Gasteiger partial charge in [0.15, 0.2) is 0 Å². The molecule has 1 aromatic rings. The predicted molar refractivity (Wildman–Crippen MR) is 93.3 cm³/mol. The molecule has 0 spiro atoms. The van der Waals surface area contributed by atoms with Crippen LogP contribution in [-0.2, 0) is 9.59 Å². The molecule has 3 rings (SSSR count). The number of carbonyl (C=O) groups is 2. The zero-order valence-corrected chi connectivity index (χ0v) is 14.6. The van der Waals surface area contributed by atoms with Crippen molar-refractivity contribution < 1.29 is 9.59 Å². The number of hydrogen-bond donors (Lipinski definition) is 1. The highest BCUT2D eigenvalue weighted by atomic mass is 16.2. The van der Waals surface area contributed by atoms with E-state index in [0.29, 0.717) is 19.1 Å². The standard InChI is InChI=1S/C19H27N3O2/c1-14(2)19(24)22-12-10-21(11-13-22)17(15-6-4-3-5-7-15)18(23)20-16-8-9-16/h3-7,14,16-17H,8-13H2,1-2H3,(H,20,23). The molecule has 2 amide bonds. The number of piperazine rings is 1. The molecule has 0 aromatic heterocycles. The Morgan fingerprint density at radius 1 is 1.04 bits per heavy atom. The molecule has 2 aliphatic rings. The van der Waals surface area contributed by atoms with E-state index in [1.165, 1.54) is 0 Å². The van der Waals surface area contributed by atoms with Crippen LogP contribution in [0, 0.1) is 5.92 Å². The molecule has 24 heavy (non-hydrogen) atoms. The second kappa shape index (κ2) is 7.34. The van der Waals surface area contributed by atoms with Gasteiger partial charge in [-0.15, -0.1) is 0 Å². The minimum Gasteiger partial charge on any atom is -0.352 e. The molecule has 0 bridgehead atoms. The number of rotatable bonds is 5. The van der Waals surface area contributed by atoms with Crippen LogP contribution >= 0.6 is 0 Å². The van der Waals surface area contributed by atoms with Gasteiger partial charge in [0, 0.05) is 38.1 Å². The Bertz CT molecular complexity index is 576. The summed E-state index contributed by atoms with van der Waals surface area (Å²) in [7, 11) is 0. The van der Waals surface area contributed by atoms with E-state index in [2.05, 4.69) is 10.2 Å². The maximum Gasteiger partial charge on any atom is 0.242 e. The Hall–Kier alpha value is -1.88. The summed E-state index contributed by atoms with van der Waals surface area (Å²) in [6, 6.07) is 10.1. The fourth-order valence-electron chi connectivity index (χ4n) is 3.24. The third-order valence-corrected chi connectivity index (χ3v) is 4.77. The Morgan fingerprint density at radius 2 is 1.67 bits per heavy atom. The third kappa shape index (κ3) is 3.96. The Morgan fingerprint density at radius 3 is 2.21 bits per heavy atom. The first-order valence-corrected chi connectivity index (χ1v) is 8.94. The summed E-state index contributed by atoms with van der Waals surface area (Å²) >= 11 is 0. The summed E-state index contributed by atoms with van der Waals surface area (Å²) < 4.78 is 0. The van der Waals surface area contributed by atoms with Gasteiger partial charge in [-0.1, -0.05) is 44.2 Å². The van der Waals surface area contributed by atoms with Gasteiger partial charge < -0.3 is 10.2 Å². The molecule has 5 heteroatoms. The quantitative estimate of drug-likeness (QED) is 0.896. The highest BCUT2D eigenvalue weighted by Crippen LogP contribution is 2.26. The fraction of sp³-hybridized carbons (Fsp3) is 0.579. The lowest BCUT2D eigenvalue weighted by molar-refractivity contribution is -0.137. The van der Waals surface area contributed by atoms with Crippen LogP contribution in [0.25, 0.3) is 0 Å². The largest absolute Gasteiger partial charge is 0.352 e. The summed E-state index contributed by atoms with van der Waals surface area (Å²) in [5.41, 5.74) is 1.03. The van der Waals surface area contributed by atoms with Gasteiger partial charge >= 0.3 is 0 Å². The molecule has 1 unspecified atom stereocenters. The minimum atomic E-state index is -0.261. The molecule has 0 radical (unpaired) electrons. The lowest BCUT2D eigenvalue weighted by Crippen LogP contribution is -2.53. The van der Waals surface area contributed by atoms with Crippen molar-refractivity contribution in [2.45, 2.75) is 38.8 Å². The second-order valence-corrected chi connectivity index (χ2v) is 7.11. The molecule has 1 atom stereocenters. The average molecular weight is 329 g/mol. The smallest absolute Gasteiger partial charge is 0.242 e. The van der Waals surface area contributed by atoms with Gasteiger partial charge in [0.05, 0.1) is 0 Å². The molecule has 1 aliphatic heterocycles. The molecule has 1 aromatic carbocycles. The monoisotopic (exact) mass is 329 g/mol. The van der Waals surface area contributed by atoms with Crippen molar-refractivity contribution in [1.82, 2.24) is 15.1 Å². The van der Waals surface area contributed by atoms with Gasteiger partial charge in [-0.2, -0.15) is 0 Å². The molecule has 1 saturated heterocycles. The fourth-order valence-corrected chi connectivity index (χ4v) is 3.24. The van der Waals surface area contributed by atoms with Crippen molar-refractivity contribution in [3.8, 4) is 0 Å². The van der Waals surface area contributed by atoms with E-state index in [1.54, 1.807) is 0 Å². The molecule has 5 nitrogen and oxygen atoms in total. The SMILES string of the molecule is CC(C)C(=O)N1CCN(C(C(=O)NC2CC2)c2ccccc2)CC1. The zero-order valence-electron chi connectivity index (χ0n) is 14.6. The van der Waals surface area contributed by atoms with Crippen LogP contribution in [0.2, 0.25) is 0 Å². The molecule has 1 heterocycles. The van der Waals surface area contributed by atoms with Gasteiger partial charge in [-0.3, -0.25) is 14.5 Å². The summed E-state index contributed by atoms with van der Waals surface area (Å²) in [5, 5.41) is 3.14. The van der Waals surface area contributed by atoms with Crippen LogP contribution in [0.4, 0.5) is 0 Å². The van der Waals surface area contributed by atoms with E-state index in [4.69, 9.17) is 0 Å². The van der Waals surface area contributed by atoms with Crippen LogP contribution in [0.5, 0.6) is 0 Å². The topological polar surface area (TPSA) is 52.7 Å². The molecule has 1 aliphatic carbocycles. The van der Waals surface area contributed by atoms with Crippen molar-refractivity contribution in [2.24, 2.45) is 5.92 Å². The van der Waals surface area contributed by atoms with E-state index in [1.807, 2.05) is 49.1 Å². The second-order valence-electron chi connectivity index (χ2n) is 7.11. The van der Waals surface area contributed by atoms with E-state index in [0.717, 1.165) is 31.5 Å². The lowest BCUT2D eigenvalue weighted by Gasteiger charge is -2.39. The van der Waals surface area contributed by atoms with Crippen LogP contribution in [0.15, 0.2) is 30.3 Å². The third-order valence-electron chi connectivity index (χ3n) is 4.77. The number of carbonyl (C=O) groups excluding carboxylic acids is 2. The molecule has 130 valence electrons. The molecule has 1 saturated carbocycles. The van der Waals surface area contributed by atoms with Crippen LogP contribution in [0.3, 0.4) is 0 Å². The predicted octanol–water partition coefficient (Wildman–Crippen LogP) is 1.81. The Labute approximate surface area is 144 Å².